The first-order valence-electron chi connectivity index (χ1n) is 5.12. The van der Waals surface area contributed by atoms with E-state index in [-0.39, 0.29) is 28.9 Å². The van der Waals surface area contributed by atoms with E-state index in [4.69, 9.17) is 10.8 Å². The van der Waals surface area contributed by atoms with Crippen molar-refractivity contribution in [1.82, 2.24) is 4.98 Å². The lowest BCUT2D eigenvalue weighted by molar-refractivity contribution is 0.0698. The third-order valence-electron chi connectivity index (χ3n) is 2.11. The van der Waals surface area contributed by atoms with Crippen molar-refractivity contribution >= 4 is 27.3 Å². The van der Waals surface area contributed by atoms with Gasteiger partial charge in [-0.25, -0.2) is 18.2 Å². The third kappa shape index (κ3) is 4.21. The van der Waals surface area contributed by atoms with Crippen LogP contribution in [0.4, 0.5) is 11.5 Å². The van der Waals surface area contributed by atoms with E-state index in [1.54, 1.807) is 6.92 Å². The van der Waals surface area contributed by atoms with Crippen LogP contribution in [0.15, 0.2) is 12.3 Å². The molecule has 0 saturated heterocycles. The van der Waals surface area contributed by atoms with E-state index in [0.717, 1.165) is 6.26 Å². The lowest BCUT2D eigenvalue weighted by Crippen LogP contribution is -2.25. The molecule has 100 valence electrons. The standard InChI is InChI=1S/C10H15N3O4S/c1-6(5-18(2,16)17)13-9-3-7(10(14)15)8(11)4-12-9/h3-4,6H,5,11H2,1-2H3,(H,12,13)(H,14,15). The molecule has 0 fully saturated rings. The molecule has 18 heavy (non-hydrogen) atoms. The summed E-state index contributed by atoms with van der Waals surface area (Å²) in [5.41, 5.74) is 5.44. The zero-order valence-corrected chi connectivity index (χ0v) is 10.9. The molecule has 0 aliphatic carbocycles. The Morgan fingerprint density at radius 3 is 2.72 bits per heavy atom. The van der Waals surface area contributed by atoms with E-state index in [2.05, 4.69) is 10.3 Å². The van der Waals surface area contributed by atoms with Gasteiger partial charge in [0.15, 0.2) is 0 Å². The molecule has 7 nitrogen and oxygen atoms in total. The van der Waals surface area contributed by atoms with Gasteiger partial charge in [-0.15, -0.1) is 0 Å². The van der Waals surface area contributed by atoms with Crippen LogP contribution in [-0.4, -0.2) is 42.5 Å². The van der Waals surface area contributed by atoms with Crippen molar-refractivity contribution in [3.05, 3.63) is 17.8 Å². The smallest absolute Gasteiger partial charge is 0.337 e. The Hall–Kier alpha value is -1.83. The SMILES string of the molecule is CC(CS(C)(=O)=O)Nc1cc(C(=O)O)c(N)cn1. The summed E-state index contributed by atoms with van der Waals surface area (Å²) in [6, 6.07) is 0.897. The zero-order valence-electron chi connectivity index (χ0n) is 10.0. The summed E-state index contributed by atoms with van der Waals surface area (Å²) >= 11 is 0. The predicted octanol–water partition coefficient (Wildman–Crippen LogP) is 0.207. The number of hydrogen-bond donors (Lipinski definition) is 3. The summed E-state index contributed by atoms with van der Waals surface area (Å²) < 4.78 is 22.2. The molecule has 8 heteroatoms. The van der Waals surface area contributed by atoms with Crippen LogP contribution < -0.4 is 11.1 Å². The van der Waals surface area contributed by atoms with E-state index in [0.29, 0.717) is 0 Å². The number of aromatic nitrogens is 1. The number of carbonyl (C=O) groups is 1. The van der Waals surface area contributed by atoms with Crippen molar-refractivity contribution in [2.45, 2.75) is 13.0 Å². The molecule has 1 aromatic rings. The molecule has 0 bridgehead atoms. The zero-order chi connectivity index (χ0) is 13.9. The Morgan fingerprint density at radius 1 is 1.61 bits per heavy atom. The maximum atomic E-state index is 11.1. The first-order chi connectivity index (χ1) is 8.19. The summed E-state index contributed by atoms with van der Waals surface area (Å²) in [6.45, 7) is 1.67. The van der Waals surface area contributed by atoms with Gasteiger partial charge in [-0.1, -0.05) is 0 Å². The predicted molar refractivity (Wildman–Crippen MR) is 68.4 cm³/mol. The normalized spacial score (nSPS) is 13.0. The highest BCUT2D eigenvalue weighted by atomic mass is 32.2. The molecular weight excluding hydrogens is 258 g/mol. The Morgan fingerprint density at radius 2 is 2.22 bits per heavy atom. The molecule has 0 radical (unpaired) electrons. The average molecular weight is 273 g/mol. The Labute approximate surface area is 105 Å². The van der Waals surface area contributed by atoms with Gasteiger partial charge >= 0.3 is 5.97 Å². The molecule has 0 amide bonds. The fraction of sp³-hybridized carbons (Fsp3) is 0.400. The fourth-order valence-corrected chi connectivity index (χ4v) is 2.47. The Kier molecular flexibility index (Phi) is 4.12. The molecule has 1 aromatic heterocycles. The summed E-state index contributed by atoms with van der Waals surface area (Å²) in [5, 5.41) is 11.7. The number of nitrogens with two attached hydrogens (primary N) is 1. The molecule has 4 N–H and O–H groups in total. The van der Waals surface area contributed by atoms with Crippen LogP contribution in [0.3, 0.4) is 0 Å². The van der Waals surface area contributed by atoms with Gasteiger partial charge in [-0.2, -0.15) is 0 Å². The second-order valence-corrected chi connectivity index (χ2v) is 6.28. The van der Waals surface area contributed by atoms with Crippen LogP contribution in [0.1, 0.15) is 17.3 Å². The number of nitrogens with zero attached hydrogens (tertiary/aromatic N) is 1. The molecule has 1 rings (SSSR count). The van der Waals surface area contributed by atoms with Gasteiger partial charge < -0.3 is 16.2 Å². The van der Waals surface area contributed by atoms with E-state index in [1.165, 1.54) is 12.3 Å². The molecule has 0 aliphatic rings. The van der Waals surface area contributed by atoms with Crippen LogP contribution in [0.25, 0.3) is 0 Å². The lowest BCUT2D eigenvalue weighted by Gasteiger charge is -2.14. The second-order valence-electron chi connectivity index (χ2n) is 4.10. The number of aromatic carboxylic acids is 1. The van der Waals surface area contributed by atoms with Crippen molar-refractivity contribution in [2.75, 3.05) is 23.1 Å². The van der Waals surface area contributed by atoms with E-state index >= 15 is 0 Å². The lowest BCUT2D eigenvalue weighted by atomic mass is 10.2. The van der Waals surface area contributed by atoms with Gasteiger partial charge in [0.25, 0.3) is 0 Å². The second kappa shape index (κ2) is 5.21. The number of nitrogens with one attached hydrogen (secondary N) is 1. The summed E-state index contributed by atoms with van der Waals surface area (Å²) in [6.07, 6.45) is 2.35. The first kappa shape index (κ1) is 14.2. The highest BCUT2D eigenvalue weighted by molar-refractivity contribution is 7.90. The van der Waals surface area contributed by atoms with Crippen molar-refractivity contribution in [2.24, 2.45) is 0 Å². The molecular formula is C10H15N3O4S. The average Bonchev–Trinajstić information content (AvgIpc) is 2.17. The summed E-state index contributed by atoms with van der Waals surface area (Å²) in [4.78, 5) is 14.8. The monoisotopic (exact) mass is 273 g/mol. The number of carboxylic acid groups (broad SMARTS) is 1. The Balaban J connectivity index is 2.86. The molecule has 0 saturated carbocycles. The number of pyridine rings is 1. The van der Waals surface area contributed by atoms with Crippen LogP contribution >= 0.6 is 0 Å². The van der Waals surface area contributed by atoms with Crippen LogP contribution in [-0.2, 0) is 9.84 Å². The van der Waals surface area contributed by atoms with Gasteiger partial charge in [0.1, 0.15) is 15.7 Å². The van der Waals surface area contributed by atoms with E-state index in [9.17, 15) is 13.2 Å². The van der Waals surface area contributed by atoms with Crippen molar-refractivity contribution in [3.63, 3.8) is 0 Å². The maximum absolute atomic E-state index is 11.1. The highest BCUT2D eigenvalue weighted by Gasteiger charge is 2.13. The van der Waals surface area contributed by atoms with Crippen molar-refractivity contribution < 1.29 is 18.3 Å². The molecule has 1 atom stereocenters. The van der Waals surface area contributed by atoms with Crippen LogP contribution in [0.5, 0.6) is 0 Å². The number of carboxylic acids is 1. The highest BCUT2D eigenvalue weighted by Crippen LogP contribution is 2.15. The molecule has 1 heterocycles. The molecule has 1 unspecified atom stereocenters. The van der Waals surface area contributed by atoms with Gasteiger partial charge in [0, 0.05) is 12.3 Å². The topological polar surface area (TPSA) is 122 Å². The minimum atomic E-state index is -3.11. The Bertz CT molecular complexity index is 556. The molecule has 0 aromatic carbocycles. The van der Waals surface area contributed by atoms with E-state index in [1.807, 2.05) is 0 Å². The number of rotatable bonds is 5. The first-order valence-corrected chi connectivity index (χ1v) is 7.18. The molecule has 0 spiro atoms. The minimum Gasteiger partial charge on any atom is -0.478 e. The maximum Gasteiger partial charge on any atom is 0.337 e. The van der Waals surface area contributed by atoms with Gasteiger partial charge in [0.05, 0.1) is 23.2 Å². The van der Waals surface area contributed by atoms with Crippen LogP contribution in [0, 0.1) is 0 Å². The largest absolute Gasteiger partial charge is 0.478 e. The number of anilines is 2. The quantitative estimate of drug-likeness (QED) is 0.700. The van der Waals surface area contributed by atoms with Crippen molar-refractivity contribution in [1.29, 1.82) is 0 Å². The van der Waals surface area contributed by atoms with Gasteiger partial charge in [0.2, 0.25) is 0 Å². The molecule has 0 aliphatic heterocycles. The minimum absolute atomic E-state index is 0.0591. The summed E-state index contributed by atoms with van der Waals surface area (Å²) in [7, 11) is -3.11. The number of hydrogen-bond acceptors (Lipinski definition) is 6. The van der Waals surface area contributed by atoms with Gasteiger partial charge in [-0.3, -0.25) is 0 Å². The number of nitrogen functional groups attached to an aromatic ring is 1. The van der Waals surface area contributed by atoms with Gasteiger partial charge in [-0.05, 0) is 13.0 Å². The van der Waals surface area contributed by atoms with Crippen LogP contribution in [0.2, 0.25) is 0 Å². The van der Waals surface area contributed by atoms with E-state index < -0.39 is 15.8 Å². The summed E-state index contributed by atoms with van der Waals surface area (Å²) in [5.74, 6) is -0.951. The third-order valence-corrected chi connectivity index (χ3v) is 3.22. The number of sulfone groups is 1. The van der Waals surface area contributed by atoms with Crippen molar-refractivity contribution in [3.8, 4) is 0 Å². The fourth-order valence-electron chi connectivity index (χ4n) is 1.48.